The van der Waals surface area contributed by atoms with Crippen molar-refractivity contribution >= 4 is 11.8 Å². The molecule has 1 aliphatic heterocycles. The predicted octanol–water partition coefficient (Wildman–Crippen LogP) is 2.33. The van der Waals surface area contributed by atoms with E-state index in [1.165, 1.54) is 19.3 Å². The van der Waals surface area contributed by atoms with E-state index >= 15 is 0 Å². The molecule has 1 saturated heterocycles. The highest BCUT2D eigenvalue weighted by Gasteiger charge is 2.40. The summed E-state index contributed by atoms with van der Waals surface area (Å²) in [5.41, 5.74) is 0.186. The zero-order valence-electron chi connectivity index (χ0n) is 13.1. The van der Waals surface area contributed by atoms with Crippen LogP contribution in [0.3, 0.4) is 0 Å². The Labute approximate surface area is 122 Å². The smallest absolute Gasteiger partial charge is 0.243 e. The predicted molar refractivity (Wildman–Crippen MR) is 79.2 cm³/mol. The van der Waals surface area contributed by atoms with Gasteiger partial charge in [-0.15, -0.1) is 0 Å². The topological polar surface area (TPSA) is 49.4 Å². The van der Waals surface area contributed by atoms with Gasteiger partial charge in [0.2, 0.25) is 11.8 Å². The maximum Gasteiger partial charge on any atom is 0.243 e. The largest absolute Gasteiger partial charge is 0.345 e. The van der Waals surface area contributed by atoms with E-state index in [1.807, 2.05) is 4.90 Å². The first kappa shape index (κ1) is 15.3. The van der Waals surface area contributed by atoms with Crippen LogP contribution in [0.5, 0.6) is 0 Å². The number of hydrogen-bond acceptors (Lipinski definition) is 2. The standard InChI is InChI=1S/C16H28N2O2/c1-16(2,3)9-10-18-13(19)11-17-15(20)14(18)12-7-5-4-6-8-12/h12,14H,4-11H2,1-3H3,(H,17,20). The van der Waals surface area contributed by atoms with Crippen molar-refractivity contribution in [3.8, 4) is 0 Å². The van der Waals surface area contributed by atoms with Crippen molar-refractivity contribution < 1.29 is 9.59 Å². The zero-order valence-corrected chi connectivity index (χ0v) is 13.1. The van der Waals surface area contributed by atoms with Gasteiger partial charge in [0.1, 0.15) is 6.04 Å². The lowest BCUT2D eigenvalue weighted by molar-refractivity contribution is -0.148. The summed E-state index contributed by atoms with van der Waals surface area (Å²) < 4.78 is 0. The average Bonchev–Trinajstić information content (AvgIpc) is 2.39. The second-order valence-corrected chi connectivity index (χ2v) is 7.46. The molecule has 0 bridgehead atoms. The molecule has 1 unspecified atom stereocenters. The SMILES string of the molecule is CC(C)(C)CCN1C(=O)CNC(=O)C1C1CCCCC1. The molecule has 2 fully saturated rings. The summed E-state index contributed by atoms with van der Waals surface area (Å²) in [6.45, 7) is 7.41. The van der Waals surface area contributed by atoms with Crippen LogP contribution in [0.15, 0.2) is 0 Å². The molecule has 2 rings (SSSR count). The Hall–Kier alpha value is -1.06. The molecule has 1 aliphatic carbocycles. The lowest BCUT2D eigenvalue weighted by Crippen LogP contribution is -2.61. The highest BCUT2D eigenvalue weighted by molar-refractivity contribution is 5.95. The minimum absolute atomic E-state index is 0.0606. The minimum Gasteiger partial charge on any atom is -0.345 e. The van der Waals surface area contributed by atoms with Crippen LogP contribution in [0.4, 0.5) is 0 Å². The highest BCUT2D eigenvalue weighted by atomic mass is 16.2. The molecule has 0 spiro atoms. The Morgan fingerprint density at radius 3 is 2.40 bits per heavy atom. The van der Waals surface area contributed by atoms with Crippen LogP contribution in [0, 0.1) is 11.3 Å². The van der Waals surface area contributed by atoms with Gasteiger partial charge in [-0.1, -0.05) is 40.0 Å². The van der Waals surface area contributed by atoms with Crippen molar-refractivity contribution in [3.63, 3.8) is 0 Å². The number of carbonyl (C=O) groups is 2. The van der Waals surface area contributed by atoms with Gasteiger partial charge in [-0.3, -0.25) is 9.59 Å². The second-order valence-electron chi connectivity index (χ2n) is 7.46. The summed E-state index contributed by atoms with van der Waals surface area (Å²) in [5, 5.41) is 2.78. The summed E-state index contributed by atoms with van der Waals surface area (Å²) in [7, 11) is 0. The summed E-state index contributed by atoms with van der Waals surface area (Å²) in [6, 6.07) is -0.223. The van der Waals surface area contributed by atoms with E-state index in [0.29, 0.717) is 12.5 Å². The van der Waals surface area contributed by atoms with Gasteiger partial charge in [0.05, 0.1) is 6.54 Å². The molecule has 2 amide bonds. The van der Waals surface area contributed by atoms with Crippen LogP contribution < -0.4 is 5.32 Å². The Kier molecular flexibility index (Phi) is 4.71. The van der Waals surface area contributed by atoms with Crippen LogP contribution in [-0.4, -0.2) is 35.8 Å². The van der Waals surface area contributed by atoms with Crippen LogP contribution in [0.1, 0.15) is 59.3 Å². The van der Waals surface area contributed by atoms with Crippen molar-refractivity contribution in [3.05, 3.63) is 0 Å². The maximum atomic E-state index is 12.3. The molecule has 0 aromatic heterocycles. The summed E-state index contributed by atoms with van der Waals surface area (Å²) >= 11 is 0. The number of amides is 2. The number of hydrogen-bond donors (Lipinski definition) is 1. The van der Waals surface area contributed by atoms with Crippen molar-refractivity contribution in [2.24, 2.45) is 11.3 Å². The van der Waals surface area contributed by atoms with Gasteiger partial charge in [-0.05, 0) is 30.6 Å². The first-order valence-electron chi connectivity index (χ1n) is 7.96. The van der Waals surface area contributed by atoms with Crippen LogP contribution >= 0.6 is 0 Å². The van der Waals surface area contributed by atoms with Crippen LogP contribution in [0.2, 0.25) is 0 Å². The van der Waals surface area contributed by atoms with E-state index in [0.717, 1.165) is 19.3 Å². The Balaban J connectivity index is 2.09. The lowest BCUT2D eigenvalue weighted by Gasteiger charge is -2.41. The van der Waals surface area contributed by atoms with Gasteiger partial charge < -0.3 is 10.2 Å². The van der Waals surface area contributed by atoms with E-state index in [1.54, 1.807) is 0 Å². The second kappa shape index (κ2) is 6.15. The van der Waals surface area contributed by atoms with E-state index in [2.05, 4.69) is 26.1 Å². The summed E-state index contributed by atoms with van der Waals surface area (Å²) in [5.74, 6) is 0.503. The summed E-state index contributed by atoms with van der Waals surface area (Å²) in [6.07, 6.45) is 6.75. The van der Waals surface area contributed by atoms with Gasteiger partial charge in [0, 0.05) is 6.54 Å². The fourth-order valence-electron chi connectivity index (χ4n) is 3.30. The van der Waals surface area contributed by atoms with Gasteiger partial charge in [0.15, 0.2) is 0 Å². The van der Waals surface area contributed by atoms with Crippen molar-refractivity contribution in [1.29, 1.82) is 0 Å². The number of piperazine rings is 1. The molecule has 1 heterocycles. The molecule has 114 valence electrons. The van der Waals surface area contributed by atoms with Gasteiger partial charge >= 0.3 is 0 Å². The molecule has 0 aromatic rings. The zero-order chi connectivity index (χ0) is 14.8. The van der Waals surface area contributed by atoms with E-state index in [4.69, 9.17) is 0 Å². The fourth-order valence-corrected chi connectivity index (χ4v) is 3.30. The first-order chi connectivity index (χ1) is 9.38. The molecule has 4 heteroatoms. The highest BCUT2D eigenvalue weighted by Crippen LogP contribution is 2.31. The molecule has 2 aliphatic rings. The maximum absolute atomic E-state index is 12.3. The van der Waals surface area contributed by atoms with Gasteiger partial charge in [-0.2, -0.15) is 0 Å². The molecule has 0 aromatic carbocycles. The first-order valence-corrected chi connectivity index (χ1v) is 7.96. The van der Waals surface area contributed by atoms with Gasteiger partial charge in [-0.25, -0.2) is 0 Å². The molecular weight excluding hydrogens is 252 g/mol. The third kappa shape index (κ3) is 3.74. The van der Waals surface area contributed by atoms with E-state index in [-0.39, 0.29) is 29.8 Å². The minimum atomic E-state index is -0.223. The third-order valence-corrected chi connectivity index (χ3v) is 4.54. The quantitative estimate of drug-likeness (QED) is 0.862. The number of nitrogens with zero attached hydrogens (tertiary/aromatic N) is 1. The fraction of sp³-hybridized carbons (Fsp3) is 0.875. The number of nitrogens with one attached hydrogen (secondary N) is 1. The molecule has 0 radical (unpaired) electrons. The van der Waals surface area contributed by atoms with Crippen LogP contribution in [-0.2, 0) is 9.59 Å². The molecule has 20 heavy (non-hydrogen) atoms. The Morgan fingerprint density at radius 2 is 1.80 bits per heavy atom. The van der Waals surface area contributed by atoms with E-state index in [9.17, 15) is 9.59 Å². The number of carbonyl (C=O) groups excluding carboxylic acids is 2. The molecular formula is C16H28N2O2. The van der Waals surface area contributed by atoms with E-state index < -0.39 is 0 Å². The molecule has 1 saturated carbocycles. The third-order valence-electron chi connectivity index (χ3n) is 4.54. The average molecular weight is 280 g/mol. The normalized spacial score (nSPS) is 25.8. The van der Waals surface area contributed by atoms with Gasteiger partial charge in [0.25, 0.3) is 0 Å². The molecule has 1 atom stereocenters. The Morgan fingerprint density at radius 1 is 1.15 bits per heavy atom. The summed E-state index contributed by atoms with van der Waals surface area (Å²) in [4.78, 5) is 26.4. The molecule has 1 N–H and O–H groups in total. The van der Waals surface area contributed by atoms with Crippen molar-refractivity contribution in [2.75, 3.05) is 13.1 Å². The lowest BCUT2D eigenvalue weighted by atomic mass is 9.81. The monoisotopic (exact) mass is 280 g/mol. The van der Waals surface area contributed by atoms with Crippen molar-refractivity contribution in [2.45, 2.75) is 65.3 Å². The number of rotatable bonds is 3. The Bertz CT molecular complexity index is 367. The van der Waals surface area contributed by atoms with Crippen molar-refractivity contribution in [1.82, 2.24) is 10.2 Å². The van der Waals surface area contributed by atoms with Crippen LogP contribution in [0.25, 0.3) is 0 Å². The molecule has 4 nitrogen and oxygen atoms in total.